The Kier molecular flexibility index (Phi) is 7.56. The van der Waals surface area contributed by atoms with Crippen LogP contribution < -0.4 is 11.1 Å². The first-order chi connectivity index (χ1) is 19.1. The van der Waals surface area contributed by atoms with Crippen LogP contribution in [0.25, 0.3) is 11.0 Å². The zero-order chi connectivity index (χ0) is 28.4. The van der Waals surface area contributed by atoms with Crippen LogP contribution >= 0.6 is 0 Å². The molecule has 3 aromatic heterocycles. The minimum atomic E-state index is -4.47. The molecule has 0 radical (unpaired) electrons. The maximum absolute atomic E-state index is 14.0. The van der Waals surface area contributed by atoms with E-state index in [1.54, 1.807) is 30.6 Å². The van der Waals surface area contributed by atoms with E-state index >= 15 is 0 Å². The van der Waals surface area contributed by atoms with Gasteiger partial charge in [0.05, 0.1) is 40.6 Å². The quantitative estimate of drug-likeness (QED) is 0.361. The smallest absolute Gasteiger partial charge is 0.383 e. The molecule has 40 heavy (non-hydrogen) atoms. The van der Waals surface area contributed by atoms with Crippen molar-refractivity contribution < 1.29 is 13.2 Å². The summed E-state index contributed by atoms with van der Waals surface area (Å²) in [6, 6.07) is 6.06. The summed E-state index contributed by atoms with van der Waals surface area (Å²) in [5.74, 6) is 6.27. The lowest BCUT2D eigenvalue weighted by atomic mass is 10.0. The highest BCUT2D eigenvalue weighted by Crippen LogP contribution is 2.35. The van der Waals surface area contributed by atoms with Crippen LogP contribution in [0, 0.1) is 25.7 Å². The van der Waals surface area contributed by atoms with Crippen LogP contribution in [0.15, 0.2) is 42.9 Å². The Balaban J connectivity index is 1.39. The van der Waals surface area contributed by atoms with Crippen LogP contribution in [0.1, 0.15) is 33.6 Å². The van der Waals surface area contributed by atoms with Gasteiger partial charge in [0.15, 0.2) is 0 Å². The fourth-order valence-corrected chi connectivity index (χ4v) is 4.52. The SMILES string of the molecule is Cc1nc2cnc(N)c(C#Cc3cncc(Nc4ccc(CN5CCN(C)CC5)c(C(F)(F)F)c4)c3)c2nc1C. The van der Waals surface area contributed by atoms with Gasteiger partial charge in [-0.15, -0.1) is 0 Å². The second-order valence-corrected chi connectivity index (χ2v) is 9.93. The molecule has 11 heteroatoms. The molecule has 0 aliphatic carbocycles. The van der Waals surface area contributed by atoms with E-state index in [0.717, 1.165) is 43.6 Å². The van der Waals surface area contributed by atoms with Crippen molar-refractivity contribution in [3.05, 3.63) is 76.5 Å². The number of pyridine rings is 2. The van der Waals surface area contributed by atoms with Gasteiger partial charge in [0, 0.05) is 50.2 Å². The van der Waals surface area contributed by atoms with E-state index in [-0.39, 0.29) is 17.9 Å². The minimum Gasteiger partial charge on any atom is -0.383 e. The van der Waals surface area contributed by atoms with Gasteiger partial charge in [-0.1, -0.05) is 17.9 Å². The number of fused-ring (bicyclic) bond motifs is 1. The normalized spacial score (nSPS) is 14.7. The first-order valence-corrected chi connectivity index (χ1v) is 12.8. The first-order valence-electron chi connectivity index (χ1n) is 12.8. The summed E-state index contributed by atoms with van der Waals surface area (Å²) in [6.45, 7) is 7.13. The Morgan fingerprint density at radius 3 is 2.45 bits per heavy atom. The van der Waals surface area contributed by atoms with E-state index in [1.165, 1.54) is 6.20 Å². The van der Waals surface area contributed by atoms with Gasteiger partial charge in [-0.25, -0.2) is 15.0 Å². The number of benzene rings is 1. The molecule has 5 rings (SSSR count). The Labute approximate surface area is 230 Å². The van der Waals surface area contributed by atoms with Gasteiger partial charge in [0.25, 0.3) is 0 Å². The average Bonchev–Trinajstić information content (AvgIpc) is 2.91. The number of anilines is 3. The van der Waals surface area contributed by atoms with Crippen molar-refractivity contribution >= 4 is 28.2 Å². The number of nitrogen functional groups attached to an aromatic ring is 1. The molecule has 0 bridgehead atoms. The number of likely N-dealkylation sites (N-methyl/N-ethyl adjacent to an activating group) is 1. The van der Waals surface area contributed by atoms with Crippen molar-refractivity contribution in [2.75, 3.05) is 44.3 Å². The molecular formula is C29H29F3N8. The maximum atomic E-state index is 14.0. The van der Waals surface area contributed by atoms with Crippen molar-refractivity contribution in [3.63, 3.8) is 0 Å². The number of nitrogens with two attached hydrogens (primary N) is 1. The van der Waals surface area contributed by atoms with Crippen LogP contribution in [0.3, 0.4) is 0 Å². The largest absolute Gasteiger partial charge is 0.416 e. The second-order valence-electron chi connectivity index (χ2n) is 9.93. The predicted molar refractivity (Wildman–Crippen MR) is 149 cm³/mol. The van der Waals surface area contributed by atoms with Crippen molar-refractivity contribution in [1.82, 2.24) is 29.7 Å². The summed E-state index contributed by atoms with van der Waals surface area (Å²) in [5, 5.41) is 3.04. The highest BCUT2D eigenvalue weighted by atomic mass is 19.4. The summed E-state index contributed by atoms with van der Waals surface area (Å²) < 4.78 is 42.0. The zero-order valence-electron chi connectivity index (χ0n) is 22.5. The maximum Gasteiger partial charge on any atom is 0.416 e. The van der Waals surface area contributed by atoms with Crippen molar-refractivity contribution in [2.45, 2.75) is 26.6 Å². The molecule has 0 amide bonds. The van der Waals surface area contributed by atoms with Gasteiger partial charge in [-0.2, -0.15) is 13.2 Å². The lowest BCUT2D eigenvalue weighted by Gasteiger charge is -2.33. The van der Waals surface area contributed by atoms with Gasteiger partial charge in [-0.3, -0.25) is 9.88 Å². The Morgan fingerprint density at radius 2 is 1.70 bits per heavy atom. The molecule has 4 heterocycles. The van der Waals surface area contributed by atoms with E-state index < -0.39 is 11.7 Å². The highest BCUT2D eigenvalue weighted by molar-refractivity contribution is 5.85. The fourth-order valence-electron chi connectivity index (χ4n) is 4.52. The molecule has 3 N–H and O–H groups in total. The van der Waals surface area contributed by atoms with Crippen LogP contribution in [0.2, 0.25) is 0 Å². The number of nitrogens with zero attached hydrogens (tertiary/aromatic N) is 6. The van der Waals surface area contributed by atoms with Crippen molar-refractivity contribution in [3.8, 4) is 11.8 Å². The molecule has 8 nitrogen and oxygen atoms in total. The van der Waals surface area contributed by atoms with Crippen molar-refractivity contribution in [2.24, 2.45) is 0 Å². The van der Waals surface area contributed by atoms with Gasteiger partial charge in [0.2, 0.25) is 0 Å². The summed E-state index contributed by atoms with van der Waals surface area (Å²) in [6.07, 6.45) is 0.181. The standard InChI is InChI=1S/C29H29F3N8/c1-18-19(2)37-27-24(28(33)35-16-26(27)36-18)7-4-20-12-23(15-34-14-20)38-22-6-5-21(25(13-22)29(30,31)32)17-40-10-8-39(3)9-11-40/h5-6,12-16,38H,8-11,17H2,1-3H3,(H2,33,35). The molecule has 0 atom stereocenters. The summed E-state index contributed by atoms with van der Waals surface area (Å²) in [5.41, 5.74) is 10.2. The molecule has 206 valence electrons. The lowest BCUT2D eigenvalue weighted by Crippen LogP contribution is -2.44. The number of alkyl halides is 3. The van der Waals surface area contributed by atoms with E-state index in [2.05, 4.69) is 46.9 Å². The monoisotopic (exact) mass is 546 g/mol. The molecule has 1 aromatic carbocycles. The number of hydrogen-bond acceptors (Lipinski definition) is 8. The van der Waals surface area contributed by atoms with E-state index in [1.807, 2.05) is 20.9 Å². The zero-order valence-corrected chi connectivity index (χ0v) is 22.5. The Hall–Kier alpha value is -4.27. The number of piperazine rings is 1. The molecule has 0 saturated carbocycles. The number of aromatic nitrogens is 4. The lowest BCUT2D eigenvalue weighted by molar-refractivity contribution is -0.138. The fraction of sp³-hybridized carbons (Fsp3) is 0.310. The number of aryl methyl sites for hydroxylation is 2. The summed E-state index contributed by atoms with van der Waals surface area (Å²) in [7, 11) is 2.01. The summed E-state index contributed by atoms with van der Waals surface area (Å²) >= 11 is 0. The number of halogens is 3. The number of hydrogen-bond donors (Lipinski definition) is 2. The second kappa shape index (κ2) is 11.1. The molecule has 1 aliphatic rings. The predicted octanol–water partition coefficient (Wildman–Crippen LogP) is 4.53. The molecule has 1 fully saturated rings. The summed E-state index contributed by atoms with van der Waals surface area (Å²) in [4.78, 5) is 21.7. The Bertz CT molecular complexity index is 1620. The van der Waals surface area contributed by atoms with Crippen LogP contribution in [-0.4, -0.2) is 63.0 Å². The minimum absolute atomic E-state index is 0.233. The van der Waals surface area contributed by atoms with Crippen molar-refractivity contribution in [1.29, 1.82) is 0 Å². The number of nitrogens with one attached hydrogen (secondary N) is 1. The molecule has 0 spiro atoms. The van der Waals surface area contributed by atoms with E-state index in [0.29, 0.717) is 33.5 Å². The third-order valence-electron chi connectivity index (χ3n) is 6.92. The third kappa shape index (κ3) is 6.14. The highest BCUT2D eigenvalue weighted by Gasteiger charge is 2.34. The van der Waals surface area contributed by atoms with Gasteiger partial charge in [0.1, 0.15) is 16.9 Å². The number of rotatable bonds is 4. The van der Waals surface area contributed by atoms with E-state index in [4.69, 9.17) is 5.73 Å². The third-order valence-corrected chi connectivity index (χ3v) is 6.92. The van der Waals surface area contributed by atoms with Gasteiger partial charge < -0.3 is 16.0 Å². The molecule has 4 aromatic rings. The van der Waals surface area contributed by atoms with Crippen LogP contribution in [0.5, 0.6) is 0 Å². The van der Waals surface area contributed by atoms with E-state index in [9.17, 15) is 13.2 Å². The van der Waals surface area contributed by atoms with Crippen LogP contribution in [0.4, 0.5) is 30.4 Å². The Morgan fingerprint density at radius 1 is 0.950 bits per heavy atom. The average molecular weight is 547 g/mol. The van der Waals surface area contributed by atoms with Crippen LogP contribution in [-0.2, 0) is 12.7 Å². The van der Waals surface area contributed by atoms with Gasteiger partial charge in [-0.05, 0) is 44.7 Å². The molecule has 0 unspecified atom stereocenters. The molecule has 1 saturated heterocycles. The molecular weight excluding hydrogens is 517 g/mol. The van der Waals surface area contributed by atoms with Gasteiger partial charge >= 0.3 is 6.18 Å². The topological polar surface area (TPSA) is 96.1 Å². The molecule has 1 aliphatic heterocycles. The first kappa shape index (κ1) is 27.3.